The maximum Gasteiger partial charge on any atom is 0.424 e. The van der Waals surface area contributed by atoms with E-state index in [9.17, 15) is 4.57 Å². The van der Waals surface area contributed by atoms with Gasteiger partial charge in [-0.25, -0.2) is 19.8 Å². The van der Waals surface area contributed by atoms with Crippen LogP contribution in [0.5, 0.6) is 0 Å². The van der Waals surface area contributed by atoms with E-state index in [0.717, 1.165) is 25.9 Å². The van der Waals surface area contributed by atoms with Crippen LogP contribution in [0.25, 0.3) is 0 Å². The third-order valence-corrected chi connectivity index (χ3v) is 3.86. The highest BCUT2D eigenvalue weighted by Gasteiger charge is 2.32. The molecule has 0 aromatic rings. The molecular formula is C6H15N2O3P. The van der Waals surface area contributed by atoms with Crippen molar-refractivity contribution in [2.75, 3.05) is 20.2 Å². The second-order valence-corrected chi connectivity index (χ2v) is 4.85. The van der Waals surface area contributed by atoms with Gasteiger partial charge in [0.25, 0.3) is 0 Å². The van der Waals surface area contributed by atoms with Crippen molar-refractivity contribution in [3.8, 4) is 0 Å². The molecule has 1 atom stereocenters. The normalized spacial score (nSPS) is 25.2. The topological polar surface area (TPSA) is 64.8 Å². The molecule has 1 aliphatic heterocycles. The van der Waals surface area contributed by atoms with Crippen LogP contribution in [0, 0.1) is 0 Å². The first kappa shape index (κ1) is 10.2. The number of nitrogens with zero attached hydrogens (tertiary/aromatic N) is 1. The van der Waals surface area contributed by atoms with E-state index >= 15 is 0 Å². The number of rotatable bonds is 3. The molecular weight excluding hydrogens is 179 g/mol. The summed E-state index contributed by atoms with van der Waals surface area (Å²) in [5.41, 5.74) is 0. The van der Waals surface area contributed by atoms with Crippen LogP contribution in [-0.4, -0.2) is 24.9 Å². The molecule has 12 heavy (non-hydrogen) atoms. The Balaban J connectivity index is 2.58. The van der Waals surface area contributed by atoms with Crippen LogP contribution in [0.2, 0.25) is 0 Å². The Kier molecular flexibility index (Phi) is 3.68. The molecule has 72 valence electrons. The molecule has 0 bridgehead atoms. The highest BCUT2D eigenvalue weighted by molar-refractivity contribution is 7.51. The summed E-state index contributed by atoms with van der Waals surface area (Å²) in [6.07, 6.45) is 3.22. The van der Waals surface area contributed by atoms with Crippen molar-refractivity contribution in [1.82, 2.24) is 4.67 Å². The molecule has 0 saturated carbocycles. The van der Waals surface area contributed by atoms with Gasteiger partial charge in [-0.3, -0.25) is 4.52 Å². The molecule has 1 aliphatic rings. The maximum absolute atomic E-state index is 11.7. The molecule has 1 fully saturated rings. The summed E-state index contributed by atoms with van der Waals surface area (Å²) >= 11 is 0. The third-order valence-electron chi connectivity index (χ3n) is 2.04. The summed E-state index contributed by atoms with van der Waals surface area (Å²) in [6, 6.07) is 0. The predicted molar refractivity (Wildman–Crippen MR) is 45.3 cm³/mol. The maximum atomic E-state index is 11.7. The summed E-state index contributed by atoms with van der Waals surface area (Å²) in [5.74, 6) is 4.92. The van der Waals surface area contributed by atoms with E-state index in [1.165, 1.54) is 13.5 Å². The lowest BCUT2D eigenvalue weighted by atomic mass is 10.2. The molecule has 1 unspecified atom stereocenters. The Bertz CT molecular complexity index is 174. The molecule has 0 spiro atoms. The van der Waals surface area contributed by atoms with Crippen molar-refractivity contribution in [3.63, 3.8) is 0 Å². The molecule has 0 amide bonds. The standard InChI is InChI=1S/C6H15N2O3P/c1-10-12(9,11-7)8-5-3-2-4-6-8/h2-7H2,1H3. The third kappa shape index (κ3) is 2.06. The lowest BCUT2D eigenvalue weighted by Gasteiger charge is -2.30. The summed E-state index contributed by atoms with van der Waals surface area (Å²) in [5, 5.41) is 0. The van der Waals surface area contributed by atoms with Gasteiger partial charge in [-0.1, -0.05) is 6.42 Å². The first-order valence-corrected chi connectivity index (χ1v) is 5.52. The van der Waals surface area contributed by atoms with Crippen molar-refractivity contribution in [1.29, 1.82) is 0 Å². The van der Waals surface area contributed by atoms with E-state index in [0.29, 0.717) is 0 Å². The summed E-state index contributed by atoms with van der Waals surface area (Å²) in [6.45, 7) is 1.48. The lowest BCUT2D eigenvalue weighted by Crippen LogP contribution is -2.29. The second kappa shape index (κ2) is 4.35. The summed E-state index contributed by atoms with van der Waals surface area (Å²) < 4.78 is 22.5. The van der Waals surface area contributed by atoms with Gasteiger partial charge >= 0.3 is 7.75 Å². The molecule has 5 nitrogen and oxygen atoms in total. The zero-order chi connectivity index (χ0) is 9.03. The van der Waals surface area contributed by atoms with Crippen molar-refractivity contribution < 1.29 is 13.7 Å². The van der Waals surface area contributed by atoms with Crippen LogP contribution in [-0.2, 0) is 13.7 Å². The highest BCUT2D eigenvalue weighted by Crippen LogP contribution is 2.50. The monoisotopic (exact) mass is 194 g/mol. The first-order valence-electron chi connectivity index (χ1n) is 4.02. The largest absolute Gasteiger partial charge is 0.424 e. The fraction of sp³-hybridized carbons (Fsp3) is 1.00. The molecule has 1 saturated heterocycles. The van der Waals surface area contributed by atoms with Crippen LogP contribution < -0.4 is 5.90 Å². The van der Waals surface area contributed by atoms with Gasteiger partial charge in [-0.05, 0) is 12.8 Å². The van der Waals surface area contributed by atoms with Crippen molar-refractivity contribution in [2.45, 2.75) is 19.3 Å². The van der Waals surface area contributed by atoms with Gasteiger partial charge < -0.3 is 0 Å². The van der Waals surface area contributed by atoms with Crippen molar-refractivity contribution >= 4 is 7.75 Å². The Morgan fingerprint density at radius 1 is 1.33 bits per heavy atom. The van der Waals surface area contributed by atoms with Gasteiger partial charge in [0, 0.05) is 20.2 Å². The second-order valence-electron chi connectivity index (χ2n) is 2.77. The van der Waals surface area contributed by atoms with E-state index in [2.05, 4.69) is 4.62 Å². The highest BCUT2D eigenvalue weighted by atomic mass is 31.2. The van der Waals surface area contributed by atoms with E-state index in [4.69, 9.17) is 10.4 Å². The minimum absolute atomic E-state index is 0.738. The molecule has 1 rings (SSSR count). The van der Waals surface area contributed by atoms with Gasteiger partial charge in [0.1, 0.15) is 0 Å². The summed E-state index contributed by atoms with van der Waals surface area (Å²) in [7, 11) is -1.80. The molecule has 0 aromatic heterocycles. The van der Waals surface area contributed by atoms with Gasteiger partial charge in [-0.15, -0.1) is 0 Å². The van der Waals surface area contributed by atoms with Gasteiger partial charge in [0.2, 0.25) is 0 Å². The van der Waals surface area contributed by atoms with E-state index in [1.54, 1.807) is 4.67 Å². The number of piperidine rings is 1. The van der Waals surface area contributed by atoms with Gasteiger partial charge in [0.05, 0.1) is 0 Å². The molecule has 0 radical (unpaired) electrons. The zero-order valence-electron chi connectivity index (χ0n) is 7.23. The van der Waals surface area contributed by atoms with E-state index in [1.807, 2.05) is 0 Å². The Hall–Kier alpha value is 0.0700. The number of hydrogen-bond acceptors (Lipinski definition) is 4. The Morgan fingerprint density at radius 3 is 2.33 bits per heavy atom. The average molecular weight is 194 g/mol. The Morgan fingerprint density at radius 2 is 1.92 bits per heavy atom. The van der Waals surface area contributed by atoms with Gasteiger partial charge in [-0.2, -0.15) is 0 Å². The summed E-state index contributed by atoms with van der Waals surface area (Å²) in [4.78, 5) is 0. The zero-order valence-corrected chi connectivity index (χ0v) is 8.13. The SMILES string of the molecule is COP(=O)(ON)N1CCCCC1. The molecule has 0 aliphatic carbocycles. The van der Waals surface area contributed by atoms with E-state index in [-0.39, 0.29) is 0 Å². The van der Waals surface area contributed by atoms with Crippen LogP contribution >= 0.6 is 7.75 Å². The quantitative estimate of drug-likeness (QED) is 0.538. The van der Waals surface area contributed by atoms with Crippen LogP contribution in [0.15, 0.2) is 0 Å². The smallest absolute Gasteiger partial charge is 0.299 e. The van der Waals surface area contributed by atoms with Crippen LogP contribution in [0.3, 0.4) is 0 Å². The van der Waals surface area contributed by atoms with Crippen LogP contribution in [0.1, 0.15) is 19.3 Å². The van der Waals surface area contributed by atoms with Crippen molar-refractivity contribution in [2.24, 2.45) is 5.90 Å². The average Bonchev–Trinajstić information content (AvgIpc) is 2.18. The number of nitrogens with two attached hydrogens (primary N) is 1. The fourth-order valence-corrected chi connectivity index (χ4v) is 2.57. The van der Waals surface area contributed by atoms with Gasteiger partial charge in [0.15, 0.2) is 0 Å². The molecule has 6 heteroatoms. The van der Waals surface area contributed by atoms with Crippen molar-refractivity contribution in [3.05, 3.63) is 0 Å². The fourth-order valence-electron chi connectivity index (χ4n) is 1.35. The minimum atomic E-state index is -3.15. The number of hydrogen-bond donors (Lipinski definition) is 1. The molecule has 0 aromatic carbocycles. The molecule has 1 heterocycles. The van der Waals surface area contributed by atoms with E-state index < -0.39 is 7.75 Å². The Labute approximate surface area is 72.4 Å². The first-order chi connectivity index (χ1) is 5.73. The minimum Gasteiger partial charge on any atom is -0.299 e. The van der Waals surface area contributed by atoms with Crippen LogP contribution in [0.4, 0.5) is 0 Å². The molecule has 2 N–H and O–H groups in total. The lowest BCUT2D eigenvalue weighted by molar-refractivity contribution is 0.170. The predicted octanol–water partition coefficient (Wildman–Crippen LogP) is 1.12.